The Morgan fingerprint density at radius 3 is 2.94 bits per heavy atom. The van der Waals surface area contributed by atoms with Gasteiger partial charge in [-0.2, -0.15) is 0 Å². The minimum Gasteiger partial charge on any atom is -0.398 e. The van der Waals surface area contributed by atoms with Crippen LogP contribution >= 0.6 is 15.9 Å². The molecule has 0 spiro atoms. The first-order valence-electron chi connectivity index (χ1n) is 6.00. The quantitative estimate of drug-likeness (QED) is 0.842. The standard InChI is InChI=1S/C13H17BrN2O2/c1-18-12-4-2-3-11(12)16-13(17)8-5-6-9(14)10(15)7-8/h5-7,11-12H,2-4,15H2,1H3,(H,16,17). The molecule has 1 amide bonds. The van der Waals surface area contributed by atoms with Gasteiger partial charge < -0.3 is 15.8 Å². The van der Waals surface area contributed by atoms with Gasteiger partial charge in [0.2, 0.25) is 0 Å². The van der Waals surface area contributed by atoms with E-state index in [-0.39, 0.29) is 18.1 Å². The van der Waals surface area contributed by atoms with Crippen LogP contribution in [0, 0.1) is 0 Å². The first-order chi connectivity index (χ1) is 8.61. The third-order valence-corrected chi connectivity index (χ3v) is 4.05. The topological polar surface area (TPSA) is 64.3 Å². The molecule has 3 N–H and O–H groups in total. The number of nitrogen functional groups attached to an aromatic ring is 1. The predicted molar refractivity (Wildman–Crippen MR) is 74.5 cm³/mol. The molecule has 2 atom stereocenters. The van der Waals surface area contributed by atoms with Crippen LogP contribution in [0.1, 0.15) is 29.6 Å². The highest BCUT2D eigenvalue weighted by Crippen LogP contribution is 2.23. The first-order valence-corrected chi connectivity index (χ1v) is 6.80. The van der Waals surface area contributed by atoms with Gasteiger partial charge >= 0.3 is 0 Å². The Morgan fingerprint density at radius 1 is 1.50 bits per heavy atom. The van der Waals surface area contributed by atoms with Crippen molar-refractivity contribution in [3.63, 3.8) is 0 Å². The maximum absolute atomic E-state index is 12.1. The molecule has 0 saturated heterocycles. The van der Waals surface area contributed by atoms with Gasteiger partial charge in [0.05, 0.1) is 12.1 Å². The Kier molecular flexibility index (Phi) is 4.24. The average molecular weight is 313 g/mol. The van der Waals surface area contributed by atoms with Gasteiger partial charge in [0.1, 0.15) is 0 Å². The first kappa shape index (κ1) is 13.4. The van der Waals surface area contributed by atoms with E-state index in [4.69, 9.17) is 10.5 Å². The number of carbonyl (C=O) groups is 1. The van der Waals surface area contributed by atoms with Gasteiger partial charge in [0.15, 0.2) is 0 Å². The molecule has 2 unspecified atom stereocenters. The molecule has 1 aromatic carbocycles. The molecule has 1 aliphatic carbocycles. The van der Waals surface area contributed by atoms with E-state index in [1.165, 1.54) is 0 Å². The Balaban J connectivity index is 2.05. The van der Waals surface area contributed by atoms with Crippen LogP contribution in [0.3, 0.4) is 0 Å². The van der Waals surface area contributed by atoms with E-state index < -0.39 is 0 Å². The molecule has 1 saturated carbocycles. The van der Waals surface area contributed by atoms with Crippen molar-refractivity contribution in [3.05, 3.63) is 28.2 Å². The summed E-state index contributed by atoms with van der Waals surface area (Å²) in [6.45, 7) is 0. The van der Waals surface area contributed by atoms with E-state index in [0.717, 1.165) is 23.7 Å². The Labute approximate surface area is 115 Å². The average Bonchev–Trinajstić information content (AvgIpc) is 2.79. The van der Waals surface area contributed by atoms with Crippen molar-refractivity contribution in [3.8, 4) is 0 Å². The summed E-state index contributed by atoms with van der Waals surface area (Å²) in [5, 5.41) is 3.01. The number of carbonyl (C=O) groups excluding carboxylic acids is 1. The van der Waals surface area contributed by atoms with Crippen molar-refractivity contribution in [1.29, 1.82) is 0 Å². The van der Waals surface area contributed by atoms with Crippen LogP contribution in [-0.4, -0.2) is 25.2 Å². The molecule has 18 heavy (non-hydrogen) atoms. The number of hydrogen-bond acceptors (Lipinski definition) is 3. The lowest BCUT2D eigenvalue weighted by Gasteiger charge is -2.19. The van der Waals surface area contributed by atoms with E-state index in [9.17, 15) is 4.79 Å². The Bertz CT molecular complexity index is 451. The number of rotatable bonds is 3. The second-order valence-electron chi connectivity index (χ2n) is 4.52. The molecule has 98 valence electrons. The molecule has 2 rings (SSSR count). The third-order valence-electron chi connectivity index (χ3n) is 3.33. The summed E-state index contributed by atoms with van der Waals surface area (Å²) >= 11 is 3.31. The van der Waals surface area contributed by atoms with Crippen LogP contribution in [-0.2, 0) is 4.74 Å². The summed E-state index contributed by atoms with van der Waals surface area (Å²) < 4.78 is 6.16. The monoisotopic (exact) mass is 312 g/mol. The summed E-state index contributed by atoms with van der Waals surface area (Å²) in [6, 6.07) is 5.32. The fraction of sp³-hybridized carbons (Fsp3) is 0.462. The molecule has 5 heteroatoms. The largest absolute Gasteiger partial charge is 0.398 e. The highest BCUT2D eigenvalue weighted by Gasteiger charge is 2.28. The van der Waals surface area contributed by atoms with Crippen molar-refractivity contribution in [1.82, 2.24) is 5.32 Å². The van der Waals surface area contributed by atoms with E-state index in [1.807, 2.05) is 0 Å². The Hall–Kier alpha value is -1.07. The van der Waals surface area contributed by atoms with Crippen molar-refractivity contribution in [2.24, 2.45) is 0 Å². The summed E-state index contributed by atoms with van der Waals surface area (Å²) in [5.74, 6) is -0.0943. The van der Waals surface area contributed by atoms with Crippen molar-refractivity contribution in [2.45, 2.75) is 31.4 Å². The van der Waals surface area contributed by atoms with Crippen LogP contribution in [0.2, 0.25) is 0 Å². The molecule has 1 aliphatic rings. The van der Waals surface area contributed by atoms with E-state index in [0.29, 0.717) is 11.3 Å². The van der Waals surface area contributed by atoms with E-state index in [2.05, 4.69) is 21.2 Å². The number of benzene rings is 1. The minimum atomic E-state index is -0.0943. The number of hydrogen-bond donors (Lipinski definition) is 2. The minimum absolute atomic E-state index is 0.0943. The van der Waals surface area contributed by atoms with Gasteiger partial charge in [-0.25, -0.2) is 0 Å². The number of ether oxygens (including phenoxy) is 1. The highest BCUT2D eigenvalue weighted by atomic mass is 79.9. The lowest BCUT2D eigenvalue weighted by molar-refractivity contribution is 0.0722. The number of anilines is 1. The molecule has 0 bridgehead atoms. The number of amides is 1. The SMILES string of the molecule is COC1CCCC1NC(=O)c1ccc(Br)c(N)c1. The molecule has 1 aromatic rings. The van der Waals surface area contributed by atoms with E-state index >= 15 is 0 Å². The van der Waals surface area contributed by atoms with Crippen molar-refractivity contribution in [2.75, 3.05) is 12.8 Å². The van der Waals surface area contributed by atoms with Crippen molar-refractivity contribution < 1.29 is 9.53 Å². The van der Waals surface area contributed by atoms with Crippen LogP contribution in [0.4, 0.5) is 5.69 Å². The van der Waals surface area contributed by atoms with Gasteiger partial charge in [-0.3, -0.25) is 4.79 Å². The molecule has 0 radical (unpaired) electrons. The smallest absolute Gasteiger partial charge is 0.251 e. The molecule has 1 fully saturated rings. The molecule has 0 heterocycles. The lowest BCUT2D eigenvalue weighted by Crippen LogP contribution is -2.40. The fourth-order valence-electron chi connectivity index (χ4n) is 2.31. The number of nitrogens with two attached hydrogens (primary N) is 1. The second kappa shape index (κ2) is 5.71. The van der Waals surface area contributed by atoms with Crippen LogP contribution in [0.25, 0.3) is 0 Å². The number of halogens is 1. The van der Waals surface area contributed by atoms with Gasteiger partial charge in [0.25, 0.3) is 5.91 Å². The summed E-state index contributed by atoms with van der Waals surface area (Å²) in [5.41, 5.74) is 6.92. The zero-order chi connectivity index (χ0) is 13.1. The van der Waals surface area contributed by atoms with Gasteiger partial charge in [-0.05, 0) is 53.4 Å². The van der Waals surface area contributed by atoms with Crippen LogP contribution < -0.4 is 11.1 Å². The molecular formula is C13H17BrN2O2. The fourth-order valence-corrected chi connectivity index (χ4v) is 2.56. The van der Waals surface area contributed by atoms with E-state index in [1.54, 1.807) is 25.3 Å². The highest BCUT2D eigenvalue weighted by molar-refractivity contribution is 9.10. The van der Waals surface area contributed by atoms with Gasteiger partial charge in [0, 0.05) is 22.8 Å². The van der Waals surface area contributed by atoms with Gasteiger partial charge in [-0.1, -0.05) is 0 Å². The normalized spacial score (nSPS) is 23.0. The van der Waals surface area contributed by atoms with Crippen molar-refractivity contribution >= 4 is 27.5 Å². The van der Waals surface area contributed by atoms with Crippen LogP contribution in [0.15, 0.2) is 22.7 Å². The molecular weight excluding hydrogens is 296 g/mol. The Morgan fingerprint density at radius 2 is 2.28 bits per heavy atom. The molecule has 4 nitrogen and oxygen atoms in total. The van der Waals surface area contributed by atoms with Gasteiger partial charge in [-0.15, -0.1) is 0 Å². The summed E-state index contributed by atoms with van der Waals surface area (Å²) in [7, 11) is 1.69. The van der Waals surface area contributed by atoms with Crippen LogP contribution in [0.5, 0.6) is 0 Å². The lowest BCUT2D eigenvalue weighted by atomic mass is 10.1. The second-order valence-corrected chi connectivity index (χ2v) is 5.38. The maximum Gasteiger partial charge on any atom is 0.251 e. The number of nitrogens with one attached hydrogen (secondary N) is 1. The summed E-state index contributed by atoms with van der Waals surface area (Å²) in [4.78, 5) is 12.1. The maximum atomic E-state index is 12.1. The zero-order valence-electron chi connectivity index (χ0n) is 10.3. The summed E-state index contributed by atoms with van der Waals surface area (Å²) in [6.07, 6.45) is 3.19. The predicted octanol–water partition coefficient (Wildman–Crippen LogP) is 2.33. The zero-order valence-corrected chi connectivity index (χ0v) is 11.9. The molecule has 0 aromatic heterocycles. The third kappa shape index (κ3) is 2.84. The number of methoxy groups -OCH3 is 1. The molecule has 0 aliphatic heterocycles.